The molecule has 6 nitrogen and oxygen atoms in total. The summed E-state index contributed by atoms with van der Waals surface area (Å²) in [5, 5.41) is 0.646. The van der Waals surface area contributed by atoms with Crippen LogP contribution in [0, 0.1) is 20.8 Å². The van der Waals surface area contributed by atoms with Gasteiger partial charge in [0.25, 0.3) is 5.91 Å². The molecule has 0 atom stereocenters. The summed E-state index contributed by atoms with van der Waals surface area (Å²) in [4.78, 5) is 28.3. The molecular weight excluding hydrogens is 476 g/mol. The molecule has 0 saturated carbocycles. The number of methoxy groups -OCH3 is 1. The number of carbonyl (C=O) groups is 2. The number of anilines is 1. The number of halogens is 1. The van der Waals surface area contributed by atoms with Gasteiger partial charge in [0.1, 0.15) is 5.75 Å². The molecule has 186 valence electrons. The minimum Gasteiger partial charge on any atom is -0.497 e. The number of hydrogen-bond acceptors (Lipinski definition) is 4. The summed E-state index contributed by atoms with van der Waals surface area (Å²) in [6, 6.07) is 14.9. The van der Waals surface area contributed by atoms with Gasteiger partial charge in [-0.3, -0.25) is 9.69 Å². The van der Waals surface area contributed by atoms with Gasteiger partial charge in [-0.25, -0.2) is 4.79 Å². The molecule has 0 N–H and O–H groups in total. The third-order valence-corrected chi connectivity index (χ3v) is 6.63. The zero-order chi connectivity index (χ0) is 26.1. The molecule has 4 rings (SSSR count). The molecule has 0 saturated heterocycles. The lowest BCUT2D eigenvalue weighted by molar-refractivity contribution is -0.138. The highest BCUT2D eigenvalue weighted by molar-refractivity contribution is 6.30. The van der Waals surface area contributed by atoms with E-state index in [1.165, 1.54) is 4.90 Å². The van der Waals surface area contributed by atoms with Gasteiger partial charge >= 0.3 is 5.97 Å². The van der Waals surface area contributed by atoms with Crippen molar-refractivity contribution in [3.05, 3.63) is 92.9 Å². The van der Waals surface area contributed by atoms with Crippen LogP contribution in [0.25, 0.3) is 11.8 Å². The van der Waals surface area contributed by atoms with Crippen molar-refractivity contribution in [3.8, 4) is 11.4 Å². The predicted octanol–water partition coefficient (Wildman–Crippen LogP) is 6.33. The number of amides is 1. The summed E-state index contributed by atoms with van der Waals surface area (Å²) < 4.78 is 12.7. The maximum atomic E-state index is 13.7. The van der Waals surface area contributed by atoms with Crippen LogP contribution >= 0.6 is 11.6 Å². The lowest BCUT2D eigenvalue weighted by Gasteiger charge is -2.18. The van der Waals surface area contributed by atoms with Crippen molar-refractivity contribution in [3.63, 3.8) is 0 Å². The average molecular weight is 505 g/mol. The van der Waals surface area contributed by atoms with E-state index in [1.54, 1.807) is 51.3 Å². The molecule has 2 aromatic carbocycles. The van der Waals surface area contributed by atoms with Gasteiger partial charge in [0.2, 0.25) is 0 Å². The molecule has 1 aliphatic heterocycles. The molecule has 1 aliphatic rings. The number of benzene rings is 2. The quantitative estimate of drug-likeness (QED) is 0.290. The molecule has 2 heterocycles. The number of rotatable bonds is 6. The first-order valence-electron chi connectivity index (χ1n) is 11.7. The van der Waals surface area contributed by atoms with Crippen LogP contribution in [-0.4, -0.2) is 30.2 Å². The van der Waals surface area contributed by atoms with Crippen molar-refractivity contribution in [2.24, 2.45) is 0 Å². The second-order valence-corrected chi connectivity index (χ2v) is 9.11. The highest BCUT2D eigenvalue weighted by Crippen LogP contribution is 2.37. The Balaban J connectivity index is 1.85. The second kappa shape index (κ2) is 10.1. The number of aromatic nitrogens is 1. The van der Waals surface area contributed by atoms with Crippen LogP contribution in [0.1, 0.15) is 36.4 Å². The highest BCUT2D eigenvalue weighted by Gasteiger charge is 2.38. The van der Waals surface area contributed by atoms with E-state index >= 15 is 0 Å². The van der Waals surface area contributed by atoms with Crippen LogP contribution < -0.4 is 9.64 Å². The maximum Gasteiger partial charge on any atom is 0.340 e. The van der Waals surface area contributed by atoms with Gasteiger partial charge in [0.05, 0.1) is 24.9 Å². The first-order chi connectivity index (χ1) is 17.2. The zero-order valence-electron chi connectivity index (χ0n) is 21.3. The van der Waals surface area contributed by atoms with E-state index in [9.17, 15) is 9.59 Å². The zero-order valence-corrected chi connectivity index (χ0v) is 22.1. The van der Waals surface area contributed by atoms with Gasteiger partial charge in [0, 0.05) is 33.5 Å². The molecule has 0 aliphatic carbocycles. The summed E-state index contributed by atoms with van der Waals surface area (Å²) in [6.45, 7) is 9.73. The fourth-order valence-corrected chi connectivity index (χ4v) is 4.77. The van der Waals surface area contributed by atoms with Crippen LogP contribution in [0.2, 0.25) is 5.02 Å². The molecule has 0 fully saturated rings. The summed E-state index contributed by atoms with van der Waals surface area (Å²) in [5.74, 6) is -0.133. The van der Waals surface area contributed by atoms with Gasteiger partial charge in [-0.05, 0) is 94.3 Å². The Bertz CT molecular complexity index is 1410. The lowest BCUT2D eigenvalue weighted by Crippen LogP contribution is -2.24. The number of carbonyl (C=O) groups excluding carboxylic acids is 2. The molecule has 3 aromatic rings. The highest BCUT2D eigenvalue weighted by atomic mass is 35.5. The molecule has 1 amide bonds. The van der Waals surface area contributed by atoms with Crippen LogP contribution in [0.5, 0.6) is 5.75 Å². The third kappa shape index (κ3) is 4.44. The Labute approximate surface area is 216 Å². The van der Waals surface area contributed by atoms with Crippen molar-refractivity contribution in [1.82, 2.24) is 4.57 Å². The standard InChI is InChI=1S/C29H29ClN2O4/c1-7-36-29(34)27-20(5)32(23-10-12-24(35-6)13-11-23)28(33)25(27)15-21-14-18(3)31(19(21)4)26-16-22(30)9-8-17(26)2/h8-16H,7H2,1-6H3/b25-15-. The van der Waals surface area contributed by atoms with E-state index in [0.717, 1.165) is 28.2 Å². The van der Waals surface area contributed by atoms with Gasteiger partial charge in [-0.2, -0.15) is 0 Å². The molecule has 36 heavy (non-hydrogen) atoms. The van der Waals surface area contributed by atoms with E-state index < -0.39 is 5.97 Å². The van der Waals surface area contributed by atoms with E-state index in [1.807, 2.05) is 45.0 Å². The Kier molecular flexibility index (Phi) is 7.09. The number of esters is 1. The number of aryl methyl sites for hydroxylation is 2. The second-order valence-electron chi connectivity index (χ2n) is 8.67. The van der Waals surface area contributed by atoms with E-state index in [4.69, 9.17) is 21.1 Å². The smallest absolute Gasteiger partial charge is 0.340 e. The minimum atomic E-state index is -0.523. The van der Waals surface area contributed by atoms with Crippen LogP contribution in [0.15, 0.2) is 65.4 Å². The minimum absolute atomic E-state index is 0.210. The van der Waals surface area contributed by atoms with Crippen molar-refractivity contribution < 1.29 is 19.1 Å². The van der Waals surface area contributed by atoms with Crippen LogP contribution in [-0.2, 0) is 14.3 Å². The van der Waals surface area contributed by atoms with E-state index in [-0.39, 0.29) is 18.1 Å². The predicted molar refractivity (Wildman–Crippen MR) is 143 cm³/mol. The average Bonchev–Trinajstić information content (AvgIpc) is 3.26. The fraction of sp³-hybridized carbons (Fsp3) is 0.241. The van der Waals surface area contributed by atoms with Gasteiger partial charge in [-0.15, -0.1) is 0 Å². The van der Waals surface area contributed by atoms with Crippen molar-refractivity contribution in [1.29, 1.82) is 0 Å². The van der Waals surface area contributed by atoms with Gasteiger partial charge in [-0.1, -0.05) is 17.7 Å². The van der Waals surface area contributed by atoms with E-state index in [2.05, 4.69) is 4.57 Å². The molecule has 0 unspecified atom stereocenters. The van der Waals surface area contributed by atoms with Crippen LogP contribution in [0.3, 0.4) is 0 Å². The molecule has 0 spiro atoms. The molecule has 0 radical (unpaired) electrons. The largest absolute Gasteiger partial charge is 0.497 e. The summed E-state index contributed by atoms with van der Waals surface area (Å²) in [5.41, 5.74) is 6.52. The Hall–Kier alpha value is -3.77. The van der Waals surface area contributed by atoms with Crippen LogP contribution in [0.4, 0.5) is 5.69 Å². The number of allylic oxidation sites excluding steroid dienone is 1. The van der Waals surface area contributed by atoms with Gasteiger partial charge < -0.3 is 14.0 Å². The lowest BCUT2D eigenvalue weighted by atomic mass is 10.0. The van der Waals surface area contributed by atoms with Crippen molar-refractivity contribution in [2.45, 2.75) is 34.6 Å². The third-order valence-electron chi connectivity index (χ3n) is 6.39. The fourth-order valence-electron chi connectivity index (χ4n) is 4.61. The first-order valence-corrected chi connectivity index (χ1v) is 12.1. The summed E-state index contributed by atoms with van der Waals surface area (Å²) in [7, 11) is 1.59. The normalized spacial score (nSPS) is 14.7. The van der Waals surface area contributed by atoms with Gasteiger partial charge in [0.15, 0.2) is 0 Å². The monoisotopic (exact) mass is 504 g/mol. The number of nitrogens with zero attached hydrogens (tertiary/aromatic N) is 2. The summed E-state index contributed by atoms with van der Waals surface area (Å²) >= 11 is 6.29. The topological polar surface area (TPSA) is 60.8 Å². The Morgan fingerprint density at radius 2 is 1.72 bits per heavy atom. The number of ether oxygens (including phenoxy) is 2. The Morgan fingerprint density at radius 1 is 1.03 bits per heavy atom. The number of hydrogen-bond donors (Lipinski definition) is 0. The van der Waals surface area contributed by atoms with Crippen molar-refractivity contribution in [2.75, 3.05) is 18.6 Å². The maximum absolute atomic E-state index is 13.7. The molecule has 0 bridgehead atoms. The van der Waals surface area contributed by atoms with Crippen molar-refractivity contribution >= 4 is 35.2 Å². The summed E-state index contributed by atoms with van der Waals surface area (Å²) in [6.07, 6.45) is 1.78. The Morgan fingerprint density at radius 3 is 2.36 bits per heavy atom. The SMILES string of the molecule is CCOC(=O)C1=C(C)N(c2ccc(OC)cc2)C(=O)/C1=C\c1cc(C)n(-c2cc(Cl)ccc2C)c1C. The molecule has 1 aromatic heterocycles. The molecule has 7 heteroatoms. The molecular formula is C29H29ClN2O4. The van der Waals surface area contributed by atoms with E-state index in [0.29, 0.717) is 27.7 Å². The first kappa shape index (κ1) is 25.3.